The van der Waals surface area contributed by atoms with Crippen molar-refractivity contribution in [3.63, 3.8) is 0 Å². The molecule has 2 heterocycles. The van der Waals surface area contributed by atoms with Crippen LogP contribution in [0.15, 0.2) is 66.1 Å². The zero-order valence-electron chi connectivity index (χ0n) is 11.3. The molecule has 0 fully saturated rings. The van der Waals surface area contributed by atoms with E-state index in [-0.39, 0.29) is 0 Å². The molecule has 1 N–H and O–H groups in total. The molecule has 4 rings (SSSR count). The Morgan fingerprint density at radius 1 is 0.952 bits per heavy atom. The molecule has 0 atom stereocenters. The van der Waals surface area contributed by atoms with Gasteiger partial charge in [-0.1, -0.05) is 42.5 Å². The van der Waals surface area contributed by atoms with E-state index < -0.39 is 0 Å². The highest BCUT2D eigenvalue weighted by molar-refractivity contribution is 7.98. The minimum absolute atomic E-state index is 0.894. The van der Waals surface area contributed by atoms with Gasteiger partial charge < -0.3 is 4.98 Å². The van der Waals surface area contributed by atoms with Crippen molar-refractivity contribution in [1.29, 1.82) is 0 Å². The van der Waals surface area contributed by atoms with E-state index in [4.69, 9.17) is 0 Å². The van der Waals surface area contributed by atoms with Crippen molar-refractivity contribution in [2.75, 3.05) is 0 Å². The van der Waals surface area contributed by atoms with Gasteiger partial charge in [-0.05, 0) is 22.4 Å². The number of thioether (sulfide) groups is 1. The first-order chi connectivity index (χ1) is 10.4. The fraction of sp³-hybridized carbons (Fsp3) is 0.0588. The van der Waals surface area contributed by atoms with Crippen LogP contribution in [0.3, 0.4) is 0 Å². The van der Waals surface area contributed by atoms with Crippen LogP contribution in [0.4, 0.5) is 0 Å². The molecule has 4 aromatic rings. The van der Waals surface area contributed by atoms with E-state index in [9.17, 15) is 0 Å². The molecule has 0 aliphatic carbocycles. The average molecular weight is 291 g/mol. The summed E-state index contributed by atoms with van der Waals surface area (Å²) >= 11 is 1.75. The Kier molecular flexibility index (Phi) is 3.09. The third-order valence-electron chi connectivity index (χ3n) is 3.51. The normalized spacial score (nSPS) is 11.2. The van der Waals surface area contributed by atoms with E-state index in [2.05, 4.69) is 57.4 Å². The van der Waals surface area contributed by atoms with Crippen LogP contribution in [0, 0.1) is 0 Å². The van der Waals surface area contributed by atoms with Gasteiger partial charge in [0.15, 0.2) is 0 Å². The van der Waals surface area contributed by atoms with Gasteiger partial charge in [-0.25, -0.2) is 9.97 Å². The summed E-state index contributed by atoms with van der Waals surface area (Å²) in [6.07, 6.45) is 3.51. The Bertz CT molecular complexity index is 914. The van der Waals surface area contributed by atoms with E-state index in [1.54, 1.807) is 18.1 Å². The number of hydrogen-bond acceptors (Lipinski definition) is 3. The molecule has 2 aromatic heterocycles. The SMILES string of the molecule is c1ccc2cc(CSc3ncnc4[nH]ccc34)ccc2c1. The number of hydrogen-bond donors (Lipinski definition) is 1. The number of fused-ring (bicyclic) bond motifs is 2. The molecule has 21 heavy (non-hydrogen) atoms. The van der Waals surface area contributed by atoms with Crippen LogP contribution in [0.1, 0.15) is 5.56 Å². The molecule has 2 aromatic carbocycles. The lowest BCUT2D eigenvalue weighted by molar-refractivity contribution is 1.09. The lowest BCUT2D eigenvalue weighted by Crippen LogP contribution is -1.86. The second-order valence-corrected chi connectivity index (χ2v) is 5.85. The molecule has 0 saturated carbocycles. The third kappa shape index (κ3) is 2.38. The first-order valence-electron chi connectivity index (χ1n) is 6.79. The van der Waals surface area contributed by atoms with E-state index in [1.807, 2.05) is 12.3 Å². The molecular weight excluding hydrogens is 278 g/mol. The lowest BCUT2D eigenvalue weighted by Gasteiger charge is -2.04. The molecule has 0 unspecified atom stereocenters. The molecule has 0 aliphatic rings. The maximum atomic E-state index is 4.39. The van der Waals surface area contributed by atoms with Crippen LogP contribution in [0.25, 0.3) is 21.8 Å². The first-order valence-corrected chi connectivity index (χ1v) is 7.77. The van der Waals surface area contributed by atoms with Gasteiger partial charge in [-0.3, -0.25) is 0 Å². The fourth-order valence-corrected chi connectivity index (χ4v) is 3.37. The molecule has 0 aliphatic heterocycles. The Balaban J connectivity index is 1.61. The lowest BCUT2D eigenvalue weighted by atomic mass is 10.1. The molecule has 0 radical (unpaired) electrons. The van der Waals surface area contributed by atoms with Crippen molar-refractivity contribution in [3.8, 4) is 0 Å². The van der Waals surface area contributed by atoms with Gasteiger partial charge in [0.1, 0.15) is 17.0 Å². The highest BCUT2D eigenvalue weighted by Gasteiger charge is 2.05. The Morgan fingerprint density at radius 3 is 2.81 bits per heavy atom. The van der Waals surface area contributed by atoms with Gasteiger partial charge in [0.05, 0.1) is 5.39 Å². The second-order valence-electron chi connectivity index (χ2n) is 4.89. The molecule has 0 saturated heterocycles. The summed E-state index contributed by atoms with van der Waals surface area (Å²) in [5.41, 5.74) is 2.20. The minimum atomic E-state index is 0.894. The van der Waals surface area contributed by atoms with Crippen LogP contribution in [0.2, 0.25) is 0 Å². The molecule has 0 bridgehead atoms. The van der Waals surface area contributed by atoms with Gasteiger partial charge in [0, 0.05) is 11.9 Å². The summed E-state index contributed by atoms with van der Waals surface area (Å²) in [6, 6.07) is 17.1. The number of aromatic nitrogens is 3. The van der Waals surface area contributed by atoms with Crippen LogP contribution < -0.4 is 0 Å². The molecule has 4 heteroatoms. The van der Waals surface area contributed by atoms with E-state index in [0.717, 1.165) is 21.8 Å². The van der Waals surface area contributed by atoms with Gasteiger partial charge >= 0.3 is 0 Å². The second kappa shape index (κ2) is 5.22. The number of rotatable bonds is 3. The summed E-state index contributed by atoms with van der Waals surface area (Å²) in [5, 5.41) is 4.67. The molecule has 0 spiro atoms. The Labute approximate surface area is 126 Å². The first kappa shape index (κ1) is 12.4. The van der Waals surface area contributed by atoms with E-state index in [1.165, 1.54) is 16.3 Å². The summed E-state index contributed by atoms with van der Waals surface area (Å²) in [6.45, 7) is 0. The van der Waals surface area contributed by atoms with Crippen LogP contribution in [0.5, 0.6) is 0 Å². The Hall–Kier alpha value is -2.33. The predicted octanol–water partition coefficient (Wildman–Crippen LogP) is 4.40. The molecule has 102 valence electrons. The van der Waals surface area contributed by atoms with Crippen LogP contribution in [-0.2, 0) is 5.75 Å². The summed E-state index contributed by atoms with van der Waals surface area (Å²) in [4.78, 5) is 11.7. The largest absolute Gasteiger partial charge is 0.346 e. The maximum Gasteiger partial charge on any atom is 0.141 e. The maximum absolute atomic E-state index is 4.39. The number of benzene rings is 2. The molecule has 0 amide bonds. The summed E-state index contributed by atoms with van der Waals surface area (Å²) < 4.78 is 0. The van der Waals surface area contributed by atoms with Gasteiger partial charge in [0.25, 0.3) is 0 Å². The smallest absolute Gasteiger partial charge is 0.141 e. The topological polar surface area (TPSA) is 41.6 Å². The fourth-order valence-electron chi connectivity index (χ4n) is 2.44. The van der Waals surface area contributed by atoms with Gasteiger partial charge in [0.2, 0.25) is 0 Å². The minimum Gasteiger partial charge on any atom is -0.346 e. The highest BCUT2D eigenvalue weighted by atomic mass is 32.2. The van der Waals surface area contributed by atoms with E-state index in [0.29, 0.717) is 0 Å². The van der Waals surface area contributed by atoms with Gasteiger partial charge in [-0.15, -0.1) is 11.8 Å². The Morgan fingerprint density at radius 2 is 1.86 bits per heavy atom. The highest BCUT2D eigenvalue weighted by Crippen LogP contribution is 2.27. The van der Waals surface area contributed by atoms with Crippen molar-refractivity contribution >= 4 is 33.6 Å². The van der Waals surface area contributed by atoms with Gasteiger partial charge in [-0.2, -0.15) is 0 Å². The quantitative estimate of drug-likeness (QED) is 0.449. The average Bonchev–Trinajstić information content (AvgIpc) is 3.02. The molecule has 3 nitrogen and oxygen atoms in total. The number of H-pyrrole nitrogens is 1. The van der Waals surface area contributed by atoms with Crippen molar-refractivity contribution in [2.24, 2.45) is 0 Å². The zero-order chi connectivity index (χ0) is 14.1. The number of nitrogens with one attached hydrogen (secondary N) is 1. The monoisotopic (exact) mass is 291 g/mol. The summed E-state index contributed by atoms with van der Waals surface area (Å²) in [5.74, 6) is 0.905. The number of aromatic amines is 1. The van der Waals surface area contributed by atoms with Crippen LogP contribution in [-0.4, -0.2) is 15.0 Å². The standard InChI is InChI=1S/C17H13N3S/c1-2-4-14-9-12(5-6-13(14)3-1)10-21-17-15-7-8-18-16(15)19-11-20-17/h1-9,11H,10H2,(H,18,19,20). The number of nitrogens with zero attached hydrogens (tertiary/aromatic N) is 2. The van der Waals surface area contributed by atoms with Crippen molar-refractivity contribution in [2.45, 2.75) is 10.8 Å². The van der Waals surface area contributed by atoms with Crippen molar-refractivity contribution in [3.05, 3.63) is 66.6 Å². The van der Waals surface area contributed by atoms with E-state index >= 15 is 0 Å². The predicted molar refractivity (Wildman–Crippen MR) is 87.4 cm³/mol. The zero-order valence-corrected chi connectivity index (χ0v) is 12.1. The van der Waals surface area contributed by atoms with Crippen LogP contribution >= 0.6 is 11.8 Å². The van der Waals surface area contributed by atoms with Crippen molar-refractivity contribution in [1.82, 2.24) is 15.0 Å². The summed E-state index contributed by atoms with van der Waals surface area (Å²) in [7, 11) is 0. The van der Waals surface area contributed by atoms with Crippen molar-refractivity contribution < 1.29 is 0 Å². The molecular formula is C17H13N3S. The third-order valence-corrected chi connectivity index (χ3v) is 4.58.